The van der Waals surface area contributed by atoms with E-state index in [1.54, 1.807) is 25.5 Å². The molecule has 190 valence electrons. The van der Waals surface area contributed by atoms with Crippen molar-refractivity contribution >= 4 is 41.9 Å². The molecule has 0 atom stereocenters. The predicted molar refractivity (Wildman–Crippen MR) is 144 cm³/mol. The van der Waals surface area contributed by atoms with Gasteiger partial charge in [0.2, 0.25) is 6.41 Å². The molecule has 2 aliphatic rings. The van der Waals surface area contributed by atoms with Crippen molar-refractivity contribution < 1.29 is 9.18 Å². The summed E-state index contributed by atoms with van der Waals surface area (Å²) >= 11 is 4.63. The molecule has 1 aliphatic heterocycles. The molecule has 0 radical (unpaired) electrons. The highest BCUT2D eigenvalue weighted by Gasteiger charge is 2.22. The van der Waals surface area contributed by atoms with Gasteiger partial charge in [0.25, 0.3) is 0 Å². The van der Waals surface area contributed by atoms with Crippen LogP contribution in [0.4, 0.5) is 21.7 Å². The van der Waals surface area contributed by atoms with Gasteiger partial charge in [0.1, 0.15) is 5.82 Å². The van der Waals surface area contributed by atoms with Crippen LogP contribution in [0.5, 0.6) is 0 Å². The molecule has 1 amide bonds. The number of amides is 1. The van der Waals surface area contributed by atoms with E-state index >= 15 is 0 Å². The average Bonchev–Trinajstić information content (AvgIpc) is 3.42. The van der Waals surface area contributed by atoms with E-state index in [2.05, 4.69) is 63.0 Å². The second-order valence-corrected chi connectivity index (χ2v) is 9.27. The highest BCUT2D eigenvalue weighted by atomic mass is 32.1. The molecule has 1 saturated heterocycles. The van der Waals surface area contributed by atoms with Crippen molar-refractivity contribution in [1.82, 2.24) is 20.2 Å². The highest BCUT2D eigenvalue weighted by molar-refractivity contribution is 7.80. The topological polar surface area (TPSA) is 73.4 Å². The summed E-state index contributed by atoms with van der Waals surface area (Å²) in [5.74, 6) is 0.981. The lowest BCUT2D eigenvalue weighted by atomic mass is 9.91. The Balaban J connectivity index is 0.000000795. The number of rotatable bonds is 7. The van der Waals surface area contributed by atoms with Crippen LogP contribution in [-0.4, -0.2) is 61.0 Å². The fourth-order valence-corrected chi connectivity index (χ4v) is 4.98. The zero-order valence-electron chi connectivity index (χ0n) is 20.9. The first kappa shape index (κ1) is 26.9. The van der Waals surface area contributed by atoms with Gasteiger partial charge in [-0.15, -0.1) is 12.6 Å². The van der Waals surface area contributed by atoms with Crippen LogP contribution in [-0.2, 0) is 4.79 Å². The van der Waals surface area contributed by atoms with E-state index < -0.39 is 0 Å². The summed E-state index contributed by atoms with van der Waals surface area (Å²) in [5.41, 5.74) is 3.21. The van der Waals surface area contributed by atoms with Gasteiger partial charge in [-0.1, -0.05) is 25.8 Å². The normalized spacial score (nSPS) is 17.1. The fraction of sp³-hybridized carbons (Fsp3) is 0.500. The number of nitrogens with one attached hydrogen (secondary N) is 2. The molecule has 4 rings (SSSR count). The zero-order chi connectivity index (χ0) is 25.2. The smallest absolute Gasteiger partial charge is 0.206 e. The first-order chi connectivity index (χ1) is 17.0. The Labute approximate surface area is 213 Å². The van der Waals surface area contributed by atoms with Crippen molar-refractivity contribution in [3.63, 3.8) is 0 Å². The largest absolute Gasteiger partial charge is 0.368 e. The Kier molecular flexibility index (Phi) is 10.3. The molecule has 2 fully saturated rings. The van der Waals surface area contributed by atoms with Crippen molar-refractivity contribution in [1.29, 1.82) is 0 Å². The Morgan fingerprint density at radius 1 is 1.17 bits per heavy atom. The van der Waals surface area contributed by atoms with E-state index in [-0.39, 0.29) is 11.6 Å². The number of hydrogen-bond acceptors (Lipinski definition) is 7. The summed E-state index contributed by atoms with van der Waals surface area (Å²) < 4.78 is 14.9. The molecule has 2 aromatic rings. The Morgan fingerprint density at radius 2 is 1.86 bits per heavy atom. The number of pyridine rings is 2. The van der Waals surface area contributed by atoms with Crippen LogP contribution >= 0.6 is 12.6 Å². The van der Waals surface area contributed by atoms with Crippen molar-refractivity contribution in [3.8, 4) is 0 Å². The molecule has 0 spiro atoms. The summed E-state index contributed by atoms with van der Waals surface area (Å²) in [6, 6.07) is 3.54. The number of thiol groups is 1. The van der Waals surface area contributed by atoms with Gasteiger partial charge < -0.3 is 20.4 Å². The molecule has 0 aromatic carbocycles. The number of aromatic nitrogens is 2. The number of halogens is 1. The second-order valence-electron chi connectivity index (χ2n) is 8.79. The van der Waals surface area contributed by atoms with Crippen LogP contribution in [0, 0.1) is 11.7 Å². The molecule has 9 heteroatoms. The summed E-state index contributed by atoms with van der Waals surface area (Å²) in [4.78, 5) is 23.3. The summed E-state index contributed by atoms with van der Waals surface area (Å²) in [6.45, 7) is 9.08. The highest BCUT2D eigenvalue weighted by Crippen LogP contribution is 2.39. The van der Waals surface area contributed by atoms with Crippen LogP contribution in [0.3, 0.4) is 0 Å². The van der Waals surface area contributed by atoms with Gasteiger partial charge in [-0.05, 0) is 49.4 Å². The molecule has 1 saturated carbocycles. The van der Waals surface area contributed by atoms with E-state index in [1.807, 2.05) is 6.07 Å². The molecule has 3 heterocycles. The number of piperazine rings is 1. The monoisotopic (exact) mass is 500 g/mol. The van der Waals surface area contributed by atoms with E-state index in [0.29, 0.717) is 18.1 Å². The number of carbonyl (C=O) groups excluding carboxylic acids is 1. The minimum absolute atomic E-state index is 0.198. The zero-order valence-corrected chi connectivity index (χ0v) is 21.8. The molecule has 35 heavy (non-hydrogen) atoms. The van der Waals surface area contributed by atoms with Gasteiger partial charge in [-0.3, -0.25) is 4.79 Å². The lowest BCUT2D eigenvalue weighted by molar-refractivity contribution is -0.109. The summed E-state index contributed by atoms with van der Waals surface area (Å²) in [7, 11) is 1.56. The van der Waals surface area contributed by atoms with Gasteiger partial charge in [0.05, 0.1) is 11.9 Å². The first-order valence-electron chi connectivity index (χ1n) is 12.4. The average molecular weight is 501 g/mol. The van der Waals surface area contributed by atoms with Crippen molar-refractivity contribution in [2.45, 2.75) is 44.4 Å². The third-order valence-electron chi connectivity index (χ3n) is 6.68. The van der Waals surface area contributed by atoms with Crippen molar-refractivity contribution in [2.75, 3.05) is 50.0 Å². The van der Waals surface area contributed by atoms with Gasteiger partial charge >= 0.3 is 0 Å². The maximum atomic E-state index is 14.9. The van der Waals surface area contributed by atoms with E-state index in [1.165, 1.54) is 31.3 Å². The maximum Gasteiger partial charge on any atom is 0.206 e. The second kappa shape index (κ2) is 13.4. The third-order valence-corrected chi connectivity index (χ3v) is 7.03. The summed E-state index contributed by atoms with van der Waals surface area (Å²) in [6.07, 6.45) is 11.3. The molecule has 7 nitrogen and oxygen atoms in total. The Bertz CT molecular complexity index is 1000. The number of likely N-dealkylation sites (N-methyl/N-ethyl adjacent to an activating group) is 1. The van der Waals surface area contributed by atoms with Gasteiger partial charge in [0.15, 0.2) is 11.6 Å². The van der Waals surface area contributed by atoms with Crippen LogP contribution in [0.25, 0.3) is 5.57 Å². The van der Waals surface area contributed by atoms with E-state index in [9.17, 15) is 4.39 Å². The Morgan fingerprint density at radius 3 is 2.43 bits per heavy atom. The maximum absolute atomic E-state index is 14.9. The molecular weight excluding hydrogens is 463 g/mol. The fourth-order valence-electron chi connectivity index (χ4n) is 4.73. The lowest BCUT2D eigenvalue weighted by Crippen LogP contribution is -2.46. The number of allylic oxidation sites excluding steroid dienone is 2. The lowest BCUT2D eigenvalue weighted by Gasteiger charge is -2.35. The van der Waals surface area contributed by atoms with Crippen molar-refractivity contribution in [2.24, 2.45) is 5.92 Å². The first-order valence-corrected chi connectivity index (χ1v) is 12.8. The standard InChI is InChI=1S/C24H32FN5S.C2H5NO/c1-3-19(17-7-5-6-8-17)20-14-23(26-16-22(20)31)28-24-21(25)13-18(15-27-24)30-11-9-29(4-2)10-12-30;1-3-2-4/h3,13-17,31H,4-12H2,1-2H3,(H,26,27,28);2H,1H3,(H,3,4)/b19-3+;. The molecule has 2 aromatic heterocycles. The molecule has 1 aliphatic carbocycles. The molecule has 0 bridgehead atoms. The molecular formula is C26H37FN6OS. The Hall–Kier alpha value is -2.65. The third kappa shape index (κ3) is 7.18. The van der Waals surface area contributed by atoms with Gasteiger partial charge in [-0.25, -0.2) is 14.4 Å². The van der Waals surface area contributed by atoms with Gasteiger partial charge in [0, 0.05) is 50.4 Å². The minimum atomic E-state index is -0.365. The van der Waals surface area contributed by atoms with Crippen molar-refractivity contribution in [3.05, 3.63) is 42.0 Å². The van der Waals surface area contributed by atoms with Gasteiger partial charge in [-0.2, -0.15) is 0 Å². The number of nitrogens with zero attached hydrogens (tertiary/aromatic N) is 4. The SMILES string of the molecule is C/C=C(/c1cc(Nc2ncc(N3CCN(CC)CC3)cc2F)ncc1S)C1CCCC1.CNC=O. The van der Waals surface area contributed by atoms with E-state index in [0.717, 1.165) is 48.9 Å². The quantitative estimate of drug-likeness (QED) is 0.377. The number of carbonyl (C=O) groups is 1. The molecule has 2 N–H and O–H groups in total. The van der Waals surface area contributed by atoms with Crippen LogP contribution in [0.15, 0.2) is 35.5 Å². The number of hydrogen-bond donors (Lipinski definition) is 3. The number of anilines is 3. The van der Waals surface area contributed by atoms with E-state index in [4.69, 9.17) is 4.79 Å². The summed E-state index contributed by atoms with van der Waals surface area (Å²) in [5, 5.41) is 5.32. The van der Waals surface area contributed by atoms with Crippen LogP contribution in [0.2, 0.25) is 0 Å². The minimum Gasteiger partial charge on any atom is -0.368 e. The molecule has 0 unspecified atom stereocenters. The van der Waals surface area contributed by atoms with Crippen LogP contribution in [0.1, 0.15) is 45.1 Å². The van der Waals surface area contributed by atoms with Crippen LogP contribution < -0.4 is 15.5 Å². The predicted octanol–water partition coefficient (Wildman–Crippen LogP) is 4.75.